The average Bonchev–Trinajstić information content (AvgIpc) is 2.92. The van der Waals surface area contributed by atoms with Gasteiger partial charge in [-0.3, -0.25) is 4.99 Å². The number of rotatable bonds is 2. The van der Waals surface area contributed by atoms with Crippen LogP contribution in [0.3, 0.4) is 0 Å². The van der Waals surface area contributed by atoms with Crippen molar-refractivity contribution in [2.24, 2.45) is 4.99 Å². The number of nitrogens with one attached hydrogen (secondary N) is 1. The summed E-state index contributed by atoms with van der Waals surface area (Å²) in [5.74, 6) is 2.02. The summed E-state index contributed by atoms with van der Waals surface area (Å²) in [5, 5.41) is 3.36. The van der Waals surface area contributed by atoms with Crippen LogP contribution in [-0.2, 0) is 6.42 Å². The molecule has 1 unspecified atom stereocenters. The zero-order chi connectivity index (χ0) is 11.7. The summed E-state index contributed by atoms with van der Waals surface area (Å²) in [6.45, 7) is 2.72. The number of guanidine groups is 1. The second-order valence-electron chi connectivity index (χ2n) is 4.56. The molecule has 1 atom stereocenters. The lowest BCUT2D eigenvalue weighted by atomic mass is 10.1. The molecule has 0 aliphatic carbocycles. The van der Waals surface area contributed by atoms with Gasteiger partial charge in [0.05, 0.1) is 13.1 Å². The molecular formula is C13H17N3O. The van der Waals surface area contributed by atoms with Crippen LogP contribution in [0.4, 0.5) is 0 Å². The van der Waals surface area contributed by atoms with Gasteiger partial charge in [-0.2, -0.15) is 0 Å². The fraction of sp³-hybridized carbons (Fsp3) is 0.462. The fourth-order valence-electron chi connectivity index (χ4n) is 2.30. The van der Waals surface area contributed by atoms with Crippen LogP contribution in [0.2, 0.25) is 0 Å². The Kier molecular flexibility index (Phi) is 2.63. The Morgan fingerprint density at radius 3 is 3.12 bits per heavy atom. The standard InChI is InChI=1S/C13H17N3O/c1-16-7-6-14-13(16)15-9-11-8-10-4-2-3-5-12(10)17-11/h2-5,11H,6-9H2,1H3,(H,14,15). The third kappa shape index (κ3) is 2.07. The van der Waals surface area contributed by atoms with Crippen molar-refractivity contribution in [2.75, 3.05) is 26.7 Å². The van der Waals surface area contributed by atoms with E-state index in [0.29, 0.717) is 0 Å². The molecule has 0 amide bonds. The summed E-state index contributed by atoms with van der Waals surface area (Å²) >= 11 is 0. The number of para-hydroxylation sites is 1. The van der Waals surface area contributed by atoms with Crippen LogP contribution in [-0.4, -0.2) is 43.6 Å². The Morgan fingerprint density at radius 2 is 2.35 bits per heavy atom. The molecule has 2 aliphatic rings. The molecule has 0 fully saturated rings. The smallest absolute Gasteiger partial charge is 0.193 e. The zero-order valence-corrected chi connectivity index (χ0v) is 10.0. The highest BCUT2D eigenvalue weighted by molar-refractivity contribution is 5.81. The first-order valence-electron chi connectivity index (χ1n) is 6.07. The minimum atomic E-state index is 0.226. The minimum absolute atomic E-state index is 0.226. The molecule has 3 rings (SSSR count). The molecule has 0 saturated heterocycles. The summed E-state index contributed by atoms with van der Waals surface area (Å²) in [7, 11) is 2.06. The van der Waals surface area contributed by atoms with Gasteiger partial charge in [-0.15, -0.1) is 0 Å². The second-order valence-corrected chi connectivity index (χ2v) is 4.56. The predicted molar refractivity (Wildman–Crippen MR) is 67.5 cm³/mol. The highest BCUT2D eigenvalue weighted by Crippen LogP contribution is 2.27. The molecule has 90 valence electrons. The van der Waals surface area contributed by atoms with Crippen molar-refractivity contribution in [3.8, 4) is 5.75 Å². The average molecular weight is 231 g/mol. The fourth-order valence-corrected chi connectivity index (χ4v) is 2.30. The van der Waals surface area contributed by atoms with E-state index in [9.17, 15) is 0 Å². The van der Waals surface area contributed by atoms with Gasteiger partial charge in [0.1, 0.15) is 11.9 Å². The molecule has 2 heterocycles. The normalized spacial score (nSPS) is 22.1. The van der Waals surface area contributed by atoms with E-state index in [1.54, 1.807) is 0 Å². The van der Waals surface area contributed by atoms with Crippen LogP contribution in [0.5, 0.6) is 5.75 Å². The lowest BCUT2D eigenvalue weighted by Crippen LogP contribution is -2.40. The van der Waals surface area contributed by atoms with Crippen molar-refractivity contribution < 1.29 is 4.74 Å². The summed E-state index contributed by atoms with van der Waals surface area (Å²) < 4.78 is 5.87. The maximum atomic E-state index is 5.87. The van der Waals surface area contributed by atoms with E-state index in [1.165, 1.54) is 5.56 Å². The van der Waals surface area contributed by atoms with Crippen LogP contribution in [0.25, 0.3) is 0 Å². The SMILES string of the molecule is CN1CCN=C1NCC1Cc2ccccc2O1. The quantitative estimate of drug-likeness (QED) is 0.821. The molecule has 0 radical (unpaired) electrons. The molecule has 4 heteroatoms. The summed E-state index contributed by atoms with van der Waals surface area (Å²) in [4.78, 5) is 6.54. The first-order chi connectivity index (χ1) is 8.33. The van der Waals surface area contributed by atoms with Gasteiger partial charge in [0.25, 0.3) is 0 Å². The lowest BCUT2D eigenvalue weighted by molar-refractivity contribution is 0.234. The molecule has 1 aromatic rings. The second kappa shape index (κ2) is 4.28. The monoisotopic (exact) mass is 231 g/mol. The first-order valence-corrected chi connectivity index (χ1v) is 6.07. The Morgan fingerprint density at radius 1 is 1.47 bits per heavy atom. The molecule has 1 N–H and O–H groups in total. The first kappa shape index (κ1) is 10.4. The Hall–Kier alpha value is -1.71. The number of nitrogens with zero attached hydrogens (tertiary/aromatic N) is 2. The zero-order valence-electron chi connectivity index (χ0n) is 10.0. The largest absolute Gasteiger partial charge is 0.488 e. The van der Waals surface area contributed by atoms with Gasteiger partial charge in [0.15, 0.2) is 5.96 Å². The minimum Gasteiger partial charge on any atom is -0.488 e. The van der Waals surface area contributed by atoms with Crippen molar-refractivity contribution in [1.82, 2.24) is 10.2 Å². The number of likely N-dealkylation sites (N-methyl/N-ethyl adjacent to an activating group) is 1. The van der Waals surface area contributed by atoms with E-state index in [1.807, 2.05) is 12.1 Å². The van der Waals surface area contributed by atoms with Crippen molar-refractivity contribution in [3.05, 3.63) is 29.8 Å². The van der Waals surface area contributed by atoms with Gasteiger partial charge in [0.2, 0.25) is 0 Å². The van der Waals surface area contributed by atoms with Crippen LogP contribution < -0.4 is 10.1 Å². The van der Waals surface area contributed by atoms with Gasteiger partial charge in [-0.05, 0) is 11.6 Å². The number of hydrogen-bond donors (Lipinski definition) is 1. The van der Waals surface area contributed by atoms with E-state index in [-0.39, 0.29) is 6.10 Å². The molecular weight excluding hydrogens is 214 g/mol. The number of ether oxygens (including phenoxy) is 1. The number of hydrogen-bond acceptors (Lipinski definition) is 4. The van der Waals surface area contributed by atoms with Gasteiger partial charge in [-0.25, -0.2) is 0 Å². The molecule has 0 aromatic heterocycles. The third-order valence-electron chi connectivity index (χ3n) is 3.26. The van der Waals surface area contributed by atoms with Gasteiger partial charge < -0.3 is 15.0 Å². The Bertz CT molecular complexity index is 419. The molecule has 2 aliphatic heterocycles. The number of benzene rings is 1. The molecule has 17 heavy (non-hydrogen) atoms. The van der Waals surface area contributed by atoms with E-state index in [0.717, 1.165) is 37.8 Å². The van der Waals surface area contributed by atoms with Crippen LogP contribution >= 0.6 is 0 Å². The van der Waals surface area contributed by atoms with Crippen LogP contribution in [0.1, 0.15) is 5.56 Å². The number of fused-ring (bicyclic) bond motifs is 1. The van der Waals surface area contributed by atoms with Crippen molar-refractivity contribution in [2.45, 2.75) is 12.5 Å². The highest BCUT2D eigenvalue weighted by Gasteiger charge is 2.23. The molecule has 4 nitrogen and oxygen atoms in total. The Balaban J connectivity index is 1.56. The Labute approximate surface area is 101 Å². The van der Waals surface area contributed by atoms with Crippen LogP contribution in [0.15, 0.2) is 29.3 Å². The highest BCUT2D eigenvalue weighted by atomic mass is 16.5. The molecule has 1 aromatic carbocycles. The van der Waals surface area contributed by atoms with Crippen LogP contribution in [0, 0.1) is 0 Å². The van der Waals surface area contributed by atoms with Crippen molar-refractivity contribution in [3.63, 3.8) is 0 Å². The lowest BCUT2D eigenvalue weighted by Gasteiger charge is -2.17. The maximum absolute atomic E-state index is 5.87. The predicted octanol–water partition coefficient (Wildman–Crippen LogP) is 0.881. The van der Waals surface area contributed by atoms with E-state index in [2.05, 4.69) is 34.4 Å². The molecule has 0 bridgehead atoms. The van der Waals surface area contributed by atoms with E-state index in [4.69, 9.17) is 4.74 Å². The maximum Gasteiger partial charge on any atom is 0.193 e. The van der Waals surface area contributed by atoms with Gasteiger partial charge in [0, 0.05) is 20.0 Å². The third-order valence-corrected chi connectivity index (χ3v) is 3.26. The van der Waals surface area contributed by atoms with Gasteiger partial charge in [-0.1, -0.05) is 18.2 Å². The van der Waals surface area contributed by atoms with Crippen molar-refractivity contribution in [1.29, 1.82) is 0 Å². The number of aliphatic imine (C=N–C) groups is 1. The van der Waals surface area contributed by atoms with Crippen molar-refractivity contribution >= 4 is 5.96 Å². The summed E-state index contributed by atoms with van der Waals surface area (Å²) in [6, 6.07) is 8.25. The molecule has 0 saturated carbocycles. The topological polar surface area (TPSA) is 36.9 Å². The van der Waals surface area contributed by atoms with E-state index >= 15 is 0 Å². The molecule has 0 spiro atoms. The van der Waals surface area contributed by atoms with E-state index < -0.39 is 0 Å². The summed E-state index contributed by atoms with van der Waals surface area (Å²) in [5.41, 5.74) is 1.31. The van der Waals surface area contributed by atoms with Gasteiger partial charge >= 0.3 is 0 Å². The summed E-state index contributed by atoms with van der Waals surface area (Å²) in [6.07, 6.45) is 1.21.